The molecule has 166 valence electrons. The number of hydrogen-bond donors (Lipinski definition) is 3. The Balaban J connectivity index is 1.14. The van der Waals surface area contributed by atoms with Crippen molar-refractivity contribution in [1.29, 1.82) is 0 Å². The lowest BCUT2D eigenvalue weighted by atomic mass is 9.90. The number of hydrogen-bond acceptors (Lipinski definition) is 4. The maximum absolute atomic E-state index is 13.0. The van der Waals surface area contributed by atoms with E-state index in [4.69, 9.17) is 0 Å². The van der Waals surface area contributed by atoms with Crippen molar-refractivity contribution >= 4 is 5.91 Å². The van der Waals surface area contributed by atoms with E-state index >= 15 is 0 Å². The minimum Gasteiger partial charge on any atom is -0.352 e. The van der Waals surface area contributed by atoms with Gasteiger partial charge in [0, 0.05) is 32.0 Å². The molecule has 31 heavy (non-hydrogen) atoms. The third kappa shape index (κ3) is 6.35. The van der Waals surface area contributed by atoms with Gasteiger partial charge in [-0.05, 0) is 61.5 Å². The maximum Gasteiger partial charge on any atom is 0.220 e. The Kier molecular flexibility index (Phi) is 7.67. The molecule has 2 fully saturated rings. The fraction of sp³-hybridized carbons (Fsp3) is 0.480. The van der Waals surface area contributed by atoms with Crippen LogP contribution in [0.15, 0.2) is 54.6 Å². The van der Waals surface area contributed by atoms with Crippen molar-refractivity contribution in [2.75, 3.05) is 26.2 Å². The van der Waals surface area contributed by atoms with Crippen LogP contribution in [0.3, 0.4) is 0 Å². The first-order valence-corrected chi connectivity index (χ1v) is 11.4. The van der Waals surface area contributed by atoms with Gasteiger partial charge in [-0.2, -0.15) is 0 Å². The Hall–Kier alpha value is -2.28. The SMILES string of the molecule is O=C(CCC1CCN(CC2CNNC2c2ccccc2)CC1)NCc1ccc(F)cc1. The normalized spacial score (nSPS) is 22.5. The Labute approximate surface area is 184 Å². The van der Waals surface area contributed by atoms with Gasteiger partial charge in [0.2, 0.25) is 5.91 Å². The van der Waals surface area contributed by atoms with Gasteiger partial charge in [0.25, 0.3) is 0 Å². The molecule has 0 spiro atoms. The lowest BCUT2D eigenvalue weighted by Gasteiger charge is -2.34. The molecule has 2 unspecified atom stereocenters. The van der Waals surface area contributed by atoms with Crippen LogP contribution in [0.25, 0.3) is 0 Å². The molecule has 0 aliphatic carbocycles. The number of piperidine rings is 1. The highest BCUT2D eigenvalue weighted by Crippen LogP contribution is 2.28. The second-order valence-corrected chi connectivity index (χ2v) is 8.86. The molecule has 2 aliphatic rings. The molecule has 2 aliphatic heterocycles. The third-order valence-corrected chi connectivity index (χ3v) is 6.63. The van der Waals surface area contributed by atoms with Crippen molar-refractivity contribution < 1.29 is 9.18 Å². The topological polar surface area (TPSA) is 56.4 Å². The van der Waals surface area contributed by atoms with E-state index in [1.165, 1.54) is 17.7 Å². The zero-order valence-corrected chi connectivity index (χ0v) is 18.0. The van der Waals surface area contributed by atoms with E-state index in [-0.39, 0.29) is 11.7 Å². The van der Waals surface area contributed by atoms with Gasteiger partial charge >= 0.3 is 0 Å². The summed E-state index contributed by atoms with van der Waals surface area (Å²) in [5, 5.41) is 2.95. The summed E-state index contributed by atoms with van der Waals surface area (Å²) in [6.45, 7) is 4.78. The van der Waals surface area contributed by atoms with Crippen LogP contribution in [-0.4, -0.2) is 37.0 Å². The smallest absolute Gasteiger partial charge is 0.220 e. The highest BCUT2D eigenvalue weighted by molar-refractivity contribution is 5.75. The molecule has 1 amide bonds. The van der Waals surface area contributed by atoms with E-state index in [1.54, 1.807) is 12.1 Å². The fourth-order valence-electron chi connectivity index (χ4n) is 4.74. The summed E-state index contributed by atoms with van der Waals surface area (Å²) in [6.07, 6.45) is 3.84. The minimum absolute atomic E-state index is 0.0839. The number of nitrogens with one attached hydrogen (secondary N) is 3. The summed E-state index contributed by atoms with van der Waals surface area (Å²) in [5.41, 5.74) is 9.05. The van der Waals surface area contributed by atoms with E-state index in [0.717, 1.165) is 51.0 Å². The molecular formula is C25H33FN4O. The molecule has 0 aromatic heterocycles. The van der Waals surface area contributed by atoms with Crippen LogP contribution in [0, 0.1) is 17.7 Å². The summed E-state index contributed by atoms with van der Waals surface area (Å²) in [6, 6.07) is 17.3. The molecule has 6 heteroatoms. The van der Waals surface area contributed by atoms with E-state index in [1.807, 2.05) is 0 Å². The summed E-state index contributed by atoms with van der Waals surface area (Å²) in [5.74, 6) is 1.02. The van der Waals surface area contributed by atoms with Gasteiger partial charge in [-0.15, -0.1) is 0 Å². The van der Waals surface area contributed by atoms with Crippen molar-refractivity contribution in [3.63, 3.8) is 0 Å². The number of halogens is 1. The van der Waals surface area contributed by atoms with E-state index < -0.39 is 0 Å². The van der Waals surface area contributed by atoms with Crippen LogP contribution < -0.4 is 16.2 Å². The lowest BCUT2D eigenvalue weighted by Crippen LogP contribution is -2.39. The average molecular weight is 425 g/mol. The third-order valence-electron chi connectivity index (χ3n) is 6.63. The van der Waals surface area contributed by atoms with Crippen LogP contribution in [0.2, 0.25) is 0 Å². The number of nitrogens with zero attached hydrogens (tertiary/aromatic N) is 1. The quantitative estimate of drug-likeness (QED) is 0.608. The molecule has 2 aromatic rings. The molecular weight excluding hydrogens is 391 g/mol. The summed E-state index contributed by atoms with van der Waals surface area (Å²) >= 11 is 0. The molecule has 2 atom stereocenters. The molecule has 2 aromatic carbocycles. The van der Waals surface area contributed by atoms with Crippen LogP contribution in [-0.2, 0) is 11.3 Å². The number of carbonyl (C=O) groups excluding carboxylic acids is 1. The zero-order chi connectivity index (χ0) is 21.5. The molecule has 0 radical (unpaired) electrons. The second kappa shape index (κ2) is 10.8. The Bertz CT molecular complexity index is 821. The lowest BCUT2D eigenvalue weighted by molar-refractivity contribution is -0.121. The first-order chi connectivity index (χ1) is 15.2. The van der Waals surface area contributed by atoms with Gasteiger partial charge < -0.3 is 10.2 Å². The minimum atomic E-state index is -0.252. The van der Waals surface area contributed by atoms with Crippen molar-refractivity contribution in [2.45, 2.75) is 38.3 Å². The van der Waals surface area contributed by atoms with Crippen molar-refractivity contribution in [3.05, 3.63) is 71.5 Å². The molecule has 3 N–H and O–H groups in total. The van der Waals surface area contributed by atoms with Crippen molar-refractivity contribution in [3.8, 4) is 0 Å². The summed E-state index contributed by atoms with van der Waals surface area (Å²) < 4.78 is 13.0. The van der Waals surface area contributed by atoms with E-state index in [2.05, 4.69) is 51.4 Å². The number of rotatable bonds is 8. The van der Waals surface area contributed by atoms with Gasteiger partial charge in [0.1, 0.15) is 5.82 Å². The first kappa shape index (κ1) is 21.9. The summed E-state index contributed by atoms with van der Waals surface area (Å²) in [4.78, 5) is 14.8. The Morgan fingerprint density at radius 3 is 2.55 bits per heavy atom. The van der Waals surface area contributed by atoms with Crippen molar-refractivity contribution in [2.24, 2.45) is 11.8 Å². The van der Waals surface area contributed by atoms with Gasteiger partial charge in [0.05, 0.1) is 6.04 Å². The fourth-order valence-corrected chi connectivity index (χ4v) is 4.74. The second-order valence-electron chi connectivity index (χ2n) is 8.86. The predicted molar refractivity (Wildman–Crippen MR) is 120 cm³/mol. The highest BCUT2D eigenvalue weighted by atomic mass is 19.1. The van der Waals surface area contributed by atoms with Crippen molar-refractivity contribution in [1.82, 2.24) is 21.1 Å². The number of amides is 1. The van der Waals surface area contributed by atoms with Crippen LogP contribution in [0.1, 0.15) is 42.9 Å². The largest absolute Gasteiger partial charge is 0.352 e. The molecule has 5 nitrogen and oxygen atoms in total. The van der Waals surface area contributed by atoms with Gasteiger partial charge in [0.15, 0.2) is 0 Å². The Morgan fingerprint density at radius 2 is 1.81 bits per heavy atom. The number of carbonyl (C=O) groups is 1. The van der Waals surface area contributed by atoms with Gasteiger partial charge in [-0.1, -0.05) is 42.5 Å². The molecule has 0 saturated carbocycles. The van der Waals surface area contributed by atoms with Crippen LogP contribution in [0.4, 0.5) is 4.39 Å². The number of benzene rings is 2. The number of likely N-dealkylation sites (tertiary alicyclic amines) is 1. The van der Waals surface area contributed by atoms with E-state index in [0.29, 0.717) is 30.8 Å². The zero-order valence-electron chi connectivity index (χ0n) is 18.0. The average Bonchev–Trinajstić information content (AvgIpc) is 3.27. The maximum atomic E-state index is 13.0. The van der Waals surface area contributed by atoms with E-state index in [9.17, 15) is 9.18 Å². The predicted octanol–water partition coefficient (Wildman–Crippen LogP) is 3.40. The number of hydrazine groups is 1. The molecule has 2 heterocycles. The summed E-state index contributed by atoms with van der Waals surface area (Å²) in [7, 11) is 0. The molecule has 4 rings (SSSR count). The van der Waals surface area contributed by atoms with Crippen LogP contribution in [0.5, 0.6) is 0 Å². The molecule has 0 bridgehead atoms. The first-order valence-electron chi connectivity index (χ1n) is 11.4. The highest BCUT2D eigenvalue weighted by Gasteiger charge is 2.31. The Morgan fingerprint density at radius 1 is 1.06 bits per heavy atom. The van der Waals surface area contributed by atoms with Gasteiger partial charge in [-0.25, -0.2) is 9.82 Å². The monoisotopic (exact) mass is 424 g/mol. The molecule has 2 saturated heterocycles. The van der Waals surface area contributed by atoms with Gasteiger partial charge in [-0.3, -0.25) is 10.2 Å². The van der Waals surface area contributed by atoms with Crippen LogP contribution >= 0.6 is 0 Å². The standard InChI is InChI=1S/C25H33FN4O/c26-23-9-6-20(7-10-23)16-27-24(31)11-8-19-12-14-30(15-13-19)18-22-17-28-29-25(22)21-4-2-1-3-5-21/h1-7,9-10,19,22,25,28-29H,8,11-18H2,(H,27,31).